The zero-order valence-corrected chi connectivity index (χ0v) is 31.7. The summed E-state index contributed by atoms with van der Waals surface area (Å²) in [5.74, 6) is 0.522. The second-order valence-electron chi connectivity index (χ2n) is 15.1. The highest BCUT2D eigenvalue weighted by Crippen LogP contribution is 2.40. The van der Waals surface area contributed by atoms with E-state index in [2.05, 4.69) is 22.9 Å². The van der Waals surface area contributed by atoms with Crippen LogP contribution in [0, 0.1) is 5.92 Å². The van der Waals surface area contributed by atoms with Gasteiger partial charge < -0.3 is 43.2 Å². The van der Waals surface area contributed by atoms with Gasteiger partial charge >= 0.3 is 6.09 Å². The Bertz CT molecular complexity index is 1860. The van der Waals surface area contributed by atoms with Crippen LogP contribution in [0.5, 0.6) is 17.2 Å². The van der Waals surface area contributed by atoms with E-state index >= 15 is 0 Å². The van der Waals surface area contributed by atoms with Gasteiger partial charge in [0.05, 0.1) is 32.8 Å². The number of aromatic nitrogens is 1. The first-order valence-electron chi connectivity index (χ1n) is 18.4. The summed E-state index contributed by atoms with van der Waals surface area (Å²) in [6.07, 6.45) is 3.28. The van der Waals surface area contributed by atoms with Crippen LogP contribution in [0.4, 0.5) is 4.79 Å². The summed E-state index contributed by atoms with van der Waals surface area (Å²) in [6.45, 7) is 7.74. The van der Waals surface area contributed by atoms with Crippen molar-refractivity contribution in [2.24, 2.45) is 5.92 Å². The van der Waals surface area contributed by atoms with Crippen LogP contribution in [-0.4, -0.2) is 90.2 Å². The Balaban J connectivity index is 1.30. The molecule has 11 nitrogen and oxygen atoms in total. The number of nitrogens with zero attached hydrogens (tertiary/aromatic N) is 3. The molecular weight excluding hydrogens is 674 g/mol. The van der Waals surface area contributed by atoms with Gasteiger partial charge in [-0.25, -0.2) is 4.79 Å². The number of hydrogen-bond donors (Lipinski definition) is 1. The smallest absolute Gasteiger partial charge is 0.410 e. The van der Waals surface area contributed by atoms with E-state index in [1.807, 2.05) is 74.2 Å². The van der Waals surface area contributed by atoms with Gasteiger partial charge in [0.15, 0.2) is 0 Å². The Hall–Kier alpha value is -4.74. The topological polar surface area (TPSA) is 112 Å². The lowest BCUT2D eigenvalue weighted by Crippen LogP contribution is -2.56. The number of aryl methyl sites for hydroxylation is 1. The summed E-state index contributed by atoms with van der Waals surface area (Å²) in [5, 5.41) is 13.0. The van der Waals surface area contributed by atoms with Crippen LogP contribution >= 0.6 is 0 Å². The summed E-state index contributed by atoms with van der Waals surface area (Å²) >= 11 is 0. The van der Waals surface area contributed by atoms with Gasteiger partial charge in [0.25, 0.3) is 0 Å². The minimum atomic E-state index is -1.02. The number of hydrogen-bond acceptors (Lipinski definition) is 8. The van der Waals surface area contributed by atoms with Crippen LogP contribution in [0.1, 0.15) is 62.6 Å². The molecule has 0 unspecified atom stereocenters. The van der Waals surface area contributed by atoms with Crippen molar-refractivity contribution in [2.45, 2.75) is 83.4 Å². The van der Waals surface area contributed by atoms with Crippen molar-refractivity contribution in [3.05, 3.63) is 89.6 Å². The molecule has 2 fully saturated rings. The number of ether oxygens (including phenoxy) is 5. The molecule has 4 aromatic rings. The van der Waals surface area contributed by atoms with Gasteiger partial charge in [-0.3, -0.25) is 4.79 Å². The Labute approximate surface area is 312 Å². The fourth-order valence-corrected chi connectivity index (χ4v) is 7.31. The lowest BCUT2D eigenvalue weighted by molar-refractivity contribution is -0.141. The minimum absolute atomic E-state index is 0.0381. The molecule has 1 N–H and O–H groups in total. The SMILES string of the molecule is COCCCn1cc(CN(C(=O)[C@H]2CN(C(=O)OC(C)(C)C)C[C@@H](O)[C@@H]2c2cccc(OCc3cc(OC)cc(OC)c3)c2)C2CC2)c2ccccc21. The predicted octanol–water partition coefficient (Wildman–Crippen LogP) is 6.78. The molecule has 0 spiro atoms. The number of β-amino-alcohol motifs (C(OH)–C–C–N with tert-alkyl or cyclic N) is 1. The number of aliphatic hydroxyl groups excluding tert-OH is 1. The maximum atomic E-state index is 15.0. The Morgan fingerprint density at radius 2 is 1.64 bits per heavy atom. The van der Waals surface area contributed by atoms with Gasteiger partial charge in [-0.1, -0.05) is 30.3 Å². The summed E-state index contributed by atoms with van der Waals surface area (Å²) in [6, 6.07) is 21.5. The average Bonchev–Trinajstić information content (AvgIpc) is 3.93. The number of aliphatic hydroxyl groups is 1. The first-order chi connectivity index (χ1) is 25.5. The van der Waals surface area contributed by atoms with Gasteiger partial charge in [-0.05, 0) is 87.1 Å². The van der Waals surface area contributed by atoms with E-state index in [0.717, 1.165) is 53.4 Å². The summed E-state index contributed by atoms with van der Waals surface area (Å²) in [7, 11) is 4.92. The molecule has 3 atom stereocenters. The highest BCUT2D eigenvalue weighted by molar-refractivity contribution is 5.86. The van der Waals surface area contributed by atoms with Crippen molar-refractivity contribution in [3.63, 3.8) is 0 Å². The van der Waals surface area contributed by atoms with Crippen LogP contribution < -0.4 is 14.2 Å². The molecule has 284 valence electrons. The molecule has 1 aromatic heterocycles. The van der Waals surface area contributed by atoms with Crippen LogP contribution in [0.25, 0.3) is 10.9 Å². The first-order valence-corrected chi connectivity index (χ1v) is 18.4. The Morgan fingerprint density at radius 1 is 0.906 bits per heavy atom. The number of rotatable bonds is 14. The number of carbonyl (C=O) groups excluding carboxylic acids is 2. The molecule has 0 bridgehead atoms. The monoisotopic (exact) mass is 727 g/mol. The second-order valence-corrected chi connectivity index (χ2v) is 15.1. The molecule has 1 aliphatic carbocycles. The van der Waals surface area contributed by atoms with Gasteiger partial charge in [0, 0.05) is 68.5 Å². The van der Waals surface area contributed by atoms with Crippen LogP contribution in [0.2, 0.25) is 0 Å². The Kier molecular flexibility index (Phi) is 11.8. The van der Waals surface area contributed by atoms with Crippen molar-refractivity contribution in [2.75, 3.05) is 41.0 Å². The molecule has 2 aliphatic rings. The van der Waals surface area contributed by atoms with Crippen molar-refractivity contribution in [1.82, 2.24) is 14.4 Å². The van der Waals surface area contributed by atoms with E-state index in [9.17, 15) is 14.7 Å². The fraction of sp³-hybridized carbons (Fsp3) is 0.476. The Morgan fingerprint density at radius 3 is 2.32 bits per heavy atom. The van der Waals surface area contributed by atoms with E-state index in [1.54, 1.807) is 27.4 Å². The van der Waals surface area contributed by atoms with Crippen molar-refractivity contribution >= 4 is 22.9 Å². The van der Waals surface area contributed by atoms with Crippen molar-refractivity contribution in [1.29, 1.82) is 0 Å². The zero-order valence-electron chi connectivity index (χ0n) is 31.7. The maximum absolute atomic E-state index is 15.0. The minimum Gasteiger partial charge on any atom is -0.497 e. The molecule has 11 heteroatoms. The molecule has 1 saturated heterocycles. The third-order valence-corrected chi connectivity index (χ3v) is 9.93. The highest BCUT2D eigenvalue weighted by Gasteiger charge is 2.47. The largest absolute Gasteiger partial charge is 0.497 e. The van der Waals surface area contributed by atoms with E-state index < -0.39 is 29.6 Å². The number of piperidine rings is 1. The first kappa shape index (κ1) is 38.0. The molecule has 1 aliphatic heterocycles. The second kappa shape index (κ2) is 16.5. The fourth-order valence-electron chi connectivity index (χ4n) is 7.31. The normalized spacial score (nSPS) is 18.8. The highest BCUT2D eigenvalue weighted by atomic mass is 16.6. The van der Waals surface area contributed by atoms with E-state index in [1.165, 1.54) is 4.90 Å². The van der Waals surface area contributed by atoms with E-state index in [-0.39, 0.29) is 31.6 Å². The molecule has 0 radical (unpaired) electrons. The molecule has 6 rings (SSSR count). The molecule has 1 saturated carbocycles. The maximum Gasteiger partial charge on any atom is 0.410 e. The summed E-state index contributed by atoms with van der Waals surface area (Å²) in [4.78, 5) is 31.9. The number of benzene rings is 3. The predicted molar refractivity (Wildman–Crippen MR) is 202 cm³/mol. The van der Waals surface area contributed by atoms with Crippen molar-refractivity contribution < 1.29 is 38.4 Å². The van der Waals surface area contributed by atoms with E-state index in [4.69, 9.17) is 23.7 Å². The third-order valence-electron chi connectivity index (χ3n) is 9.93. The molecule has 2 amide bonds. The lowest BCUT2D eigenvalue weighted by atomic mass is 9.77. The summed E-state index contributed by atoms with van der Waals surface area (Å²) < 4.78 is 30.4. The van der Waals surface area contributed by atoms with E-state index in [0.29, 0.717) is 30.4 Å². The van der Waals surface area contributed by atoms with Crippen LogP contribution in [0.15, 0.2) is 72.9 Å². The zero-order chi connectivity index (χ0) is 37.7. The average molecular weight is 728 g/mol. The molecular formula is C42H53N3O8. The molecule has 3 aromatic carbocycles. The molecule has 53 heavy (non-hydrogen) atoms. The van der Waals surface area contributed by atoms with Crippen molar-refractivity contribution in [3.8, 4) is 17.2 Å². The quantitative estimate of drug-likeness (QED) is 0.142. The van der Waals surface area contributed by atoms with Gasteiger partial charge in [-0.2, -0.15) is 0 Å². The number of carbonyl (C=O) groups is 2. The van der Waals surface area contributed by atoms with Gasteiger partial charge in [0.1, 0.15) is 29.5 Å². The number of likely N-dealkylation sites (tertiary alicyclic amines) is 1. The van der Waals surface area contributed by atoms with Crippen LogP contribution in [-0.2, 0) is 34.0 Å². The number of methoxy groups -OCH3 is 3. The van der Waals surface area contributed by atoms with Crippen LogP contribution in [0.3, 0.4) is 0 Å². The lowest BCUT2D eigenvalue weighted by Gasteiger charge is -2.43. The number of amides is 2. The van der Waals surface area contributed by atoms with Gasteiger partial charge in [0.2, 0.25) is 5.91 Å². The number of fused-ring (bicyclic) bond motifs is 1. The van der Waals surface area contributed by atoms with Gasteiger partial charge in [-0.15, -0.1) is 0 Å². The standard InChI is InChI=1S/C42H53N3O8/c1-42(2,3)53-41(48)44-25-36(40(47)45(31-15-16-31)24-30-23-43(17-10-18-49-4)37-14-8-7-13-35(30)37)39(38(46)26-44)29-11-9-12-32(21-29)52-27-28-19-33(50-5)22-34(20-28)51-6/h7-9,11-14,19-23,31,36,38-39,46H,10,15-18,24-27H2,1-6H3/t36-,38+,39+/m0/s1. The third kappa shape index (κ3) is 9.26. The summed E-state index contributed by atoms with van der Waals surface area (Å²) in [5.41, 5.74) is 3.10. The number of para-hydroxylation sites is 1. The molecule has 2 heterocycles.